The molecule has 1 aromatic heterocycles. The van der Waals surface area contributed by atoms with Gasteiger partial charge < -0.3 is 4.42 Å². The molecule has 0 N–H and O–H groups in total. The van der Waals surface area contributed by atoms with Crippen molar-refractivity contribution < 1.29 is 17.6 Å². The molecule has 1 atom stereocenters. The standard InChI is InChI=1S/C15H14BrF3O/c1-2-14-12(7-8-20-14)13(16)9-10-3-5-11(6-4-10)15(17,18)19/h3-8,13H,2,9H2,1H3. The Morgan fingerprint density at radius 2 is 1.80 bits per heavy atom. The molecule has 1 nitrogen and oxygen atoms in total. The molecule has 0 amide bonds. The van der Waals surface area contributed by atoms with E-state index in [1.807, 2.05) is 13.0 Å². The molecule has 0 aliphatic heterocycles. The minimum Gasteiger partial charge on any atom is -0.469 e. The highest BCUT2D eigenvalue weighted by atomic mass is 79.9. The Balaban J connectivity index is 2.10. The smallest absolute Gasteiger partial charge is 0.416 e. The number of benzene rings is 1. The van der Waals surface area contributed by atoms with E-state index in [4.69, 9.17) is 4.42 Å². The Hall–Kier alpha value is -1.23. The molecule has 108 valence electrons. The minimum absolute atomic E-state index is 0.0351. The zero-order valence-electron chi connectivity index (χ0n) is 10.9. The van der Waals surface area contributed by atoms with Gasteiger partial charge in [-0.15, -0.1) is 0 Å². The maximum Gasteiger partial charge on any atom is 0.416 e. The van der Waals surface area contributed by atoms with Crippen LogP contribution in [-0.2, 0) is 19.0 Å². The van der Waals surface area contributed by atoms with E-state index >= 15 is 0 Å². The molecule has 1 unspecified atom stereocenters. The van der Waals surface area contributed by atoms with Crippen LogP contribution >= 0.6 is 15.9 Å². The third-order valence-electron chi connectivity index (χ3n) is 3.13. The summed E-state index contributed by atoms with van der Waals surface area (Å²) in [6, 6.07) is 7.16. The second-order valence-electron chi connectivity index (χ2n) is 4.52. The molecule has 0 fully saturated rings. The highest BCUT2D eigenvalue weighted by Gasteiger charge is 2.30. The second kappa shape index (κ2) is 6.04. The van der Waals surface area contributed by atoms with E-state index in [1.54, 1.807) is 6.26 Å². The quantitative estimate of drug-likeness (QED) is 0.662. The van der Waals surface area contributed by atoms with Crippen LogP contribution in [0.5, 0.6) is 0 Å². The molecule has 20 heavy (non-hydrogen) atoms. The summed E-state index contributed by atoms with van der Waals surface area (Å²) in [5, 5.41) is 0. The summed E-state index contributed by atoms with van der Waals surface area (Å²) in [5.74, 6) is 0.902. The van der Waals surface area contributed by atoms with Gasteiger partial charge in [0.15, 0.2) is 0 Å². The summed E-state index contributed by atoms with van der Waals surface area (Å²) in [7, 11) is 0. The monoisotopic (exact) mass is 346 g/mol. The zero-order chi connectivity index (χ0) is 14.8. The zero-order valence-corrected chi connectivity index (χ0v) is 12.5. The third kappa shape index (κ3) is 3.45. The van der Waals surface area contributed by atoms with Crippen LogP contribution in [0.25, 0.3) is 0 Å². The number of halogens is 4. The SMILES string of the molecule is CCc1occc1C(Br)Cc1ccc(C(F)(F)F)cc1. The van der Waals surface area contributed by atoms with Crippen LogP contribution in [-0.4, -0.2) is 0 Å². The summed E-state index contributed by atoms with van der Waals surface area (Å²) in [5.41, 5.74) is 1.28. The summed E-state index contributed by atoms with van der Waals surface area (Å²) < 4.78 is 42.8. The Morgan fingerprint density at radius 3 is 2.35 bits per heavy atom. The minimum atomic E-state index is -4.29. The molecule has 0 saturated carbocycles. The summed E-state index contributed by atoms with van der Waals surface area (Å²) in [4.78, 5) is 0.0351. The van der Waals surface area contributed by atoms with Gasteiger partial charge >= 0.3 is 6.18 Å². The van der Waals surface area contributed by atoms with Crippen LogP contribution in [0.2, 0.25) is 0 Å². The first-order chi connectivity index (χ1) is 9.41. The van der Waals surface area contributed by atoms with E-state index in [-0.39, 0.29) is 4.83 Å². The average Bonchev–Trinajstić information content (AvgIpc) is 2.86. The van der Waals surface area contributed by atoms with Crippen molar-refractivity contribution in [1.29, 1.82) is 0 Å². The fraction of sp³-hybridized carbons (Fsp3) is 0.333. The van der Waals surface area contributed by atoms with E-state index in [0.717, 1.165) is 35.4 Å². The molecule has 0 aliphatic carbocycles. The first-order valence-electron chi connectivity index (χ1n) is 6.28. The summed E-state index contributed by atoms with van der Waals surface area (Å²) >= 11 is 3.57. The van der Waals surface area contributed by atoms with Crippen LogP contribution in [0, 0.1) is 0 Å². The highest BCUT2D eigenvalue weighted by molar-refractivity contribution is 9.09. The van der Waals surface area contributed by atoms with Gasteiger partial charge in [0.25, 0.3) is 0 Å². The third-order valence-corrected chi connectivity index (χ3v) is 3.95. The van der Waals surface area contributed by atoms with Crippen molar-refractivity contribution in [2.45, 2.75) is 30.8 Å². The predicted octanol–water partition coefficient (Wildman–Crippen LogP) is 5.54. The Bertz CT molecular complexity index is 557. The lowest BCUT2D eigenvalue weighted by Crippen LogP contribution is -2.05. The number of furan rings is 1. The van der Waals surface area contributed by atoms with Crippen LogP contribution in [0.15, 0.2) is 41.0 Å². The van der Waals surface area contributed by atoms with Gasteiger partial charge in [-0.2, -0.15) is 13.2 Å². The molecular weight excluding hydrogens is 333 g/mol. The van der Waals surface area contributed by atoms with Gasteiger partial charge in [-0.3, -0.25) is 0 Å². The largest absolute Gasteiger partial charge is 0.469 e. The van der Waals surface area contributed by atoms with Gasteiger partial charge in [0, 0.05) is 16.8 Å². The van der Waals surface area contributed by atoms with Crippen molar-refractivity contribution in [1.82, 2.24) is 0 Å². The van der Waals surface area contributed by atoms with E-state index in [1.165, 1.54) is 12.1 Å². The predicted molar refractivity (Wildman–Crippen MR) is 74.9 cm³/mol. The lowest BCUT2D eigenvalue weighted by molar-refractivity contribution is -0.137. The number of hydrogen-bond donors (Lipinski definition) is 0. The van der Waals surface area contributed by atoms with E-state index in [9.17, 15) is 13.2 Å². The normalized spacial score (nSPS) is 13.4. The molecule has 0 aliphatic rings. The van der Waals surface area contributed by atoms with Crippen LogP contribution in [0.3, 0.4) is 0 Å². The van der Waals surface area contributed by atoms with Crippen molar-refractivity contribution in [3.63, 3.8) is 0 Å². The van der Waals surface area contributed by atoms with Gasteiger partial charge in [0.05, 0.1) is 11.8 Å². The highest BCUT2D eigenvalue weighted by Crippen LogP contribution is 2.33. The van der Waals surface area contributed by atoms with Gasteiger partial charge in [-0.1, -0.05) is 35.0 Å². The number of rotatable bonds is 4. The molecule has 0 bridgehead atoms. The van der Waals surface area contributed by atoms with Gasteiger partial charge in [0.1, 0.15) is 5.76 Å². The van der Waals surface area contributed by atoms with Gasteiger partial charge in [0.2, 0.25) is 0 Å². The first kappa shape index (κ1) is 15.2. The average molecular weight is 347 g/mol. The molecule has 0 spiro atoms. The van der Waals surface area contributed by atoms with Gasteiger partial charge in [-0.25, -0.2) is 0 Å². The molecule has 2 aromatic rings. The first-order valence-corrected chi connectivity index (χ1v) is 7.20. The Morgan fingerprint density at radius 1 is 1.15 bits per heavy atom. The van der Waals surface area contributed by atoms with Crippen molar-refractivity contribution in [3.8, 4) is 0 Å². The maximum absolute atomic E-state index is 12.5. The summed E-state index contributed by atoms with van der Waals surface area (Å²) in [6.07, 6.45) is -1.25. The topological polar surface area (TPSA) is 13.1 Å². The van der Waals surface area contributed by atoms with E-state index in [0.29, 0.717) is 6.42 Å². The van der Waals surface area contributed by atoms with Gasteiger partial charge in [-0.05, 0) is 30.2 Å². The number of hydrogen-bond acceptors (Lipinski definition) is 1. The molecule has 1 aromatic carbocycles. The molecule has 5 heteroatoms. The Kier molecular flexibility index (Phi) is 4.58. The molecule has 2 rings (SSSR count). The fourth-order valence-corrected chi connectivity index (χ4v) is 2.85. The lowest BCUT2D eigenvalue weighted by atomic mass is 10.0. The van der Waals surface area contributed by atoms with Crippen LogP contribution < -0.4 is 0 Å². The van der Waals surface area contributed by atoms with Crippen molar-refractivity contribution in [2.24, 2.45) is 0 Å². The molecule has 1 heterocycles. The molecule has 0 saturated heterocycles. The van der Waals surface area contributed by atoms with Crippen molar-refractivity contribution in [2.75, 3.05) is 0 Å². The Labute approximate surface area is 123 Å². The number of alkyl halides is 4. The van der Waals surface area contributed by atoms with Crippen molar-refractivity contribution >= 4 is 15.9 Å². The van der Waals surface area contributed by atoms with Crippen LogP contribution in [0.4, 0.5) is 13.2 Å². The second-order valence-corrected chi connectivity index (χ2v) is 5.62. The van der Waals surface area contributed by atoms with Crippen molar-refractivity contribution in [3.05, 3.63) is 59.0 Å². The lowest BCUT2D eigenvalue weighted by Gasteiger charge is -2.11. The maximum atomic E-state index is 12.5. The van der Waals surface area contributed by atoms with E-state index in [2.05, 4.69) is 15.9 Å². The fourth-order valence-electron chi connectivity index (χ4n) is 2.06. The molecule has 0 radical (unpaired) electrons. The van der Waals surface area contributed by atoms with E-state index < -0.39 is 11.7 Å². The van der Waals surface area contributed by atoms with Crippen LogP contribution in [0.1, 0.15) is 34.2 Å². The number of aryl methyl sites for hydroxylation is 1. The summed E-state index contributed by atoms with van der Waals surface area (Å²) in [6.45, 7) is 2.00. The molecular formula is C15H14BrF3O.